The van der Waals surface area contributed by atoms with Gasteiger partial charge in [-0.25, -0.2) is 9.59 Å². The Morgan fingerprint density at radius 1 is 0.500 bits per heavy atom. The van der Waals surface area contributed by atoms with Crippen LogP contribution in [0.2, 0.25) is 0 Å². The zero-order chi connectivity index (χ0) is 38.0. The van der Waals surface area contributed by atoms with Crippen LogP contribution in [-0.2, 0) is 18.7 Å². The van der Waals surface area contributed by atoms with Crippen LogP contribution in [0.3, 0.4) is 0 Å². The maximum Gasteiger partial charge on any atom is 1.00 e. The Balaban J connectivity index is 0.000000209. The van der Waals surface area contributed by atoms with Crippen molar-refractivity contribution in [2.24, 2.45) is 14.1 Å². The molecular formula is C42H31N2Na2O9P+2. The number of rotatable bonds is 6. The van der Waals surface area contributed by atoms with E-state index >= 15 is 0 Å². The monoisotopic (exact) mass is 784 g/mol. The maximum atomic E-state index is 13.1. The van der Waals surface area contributed by atoms with Gasteiger partial charge in [-0.1, -0.05) is 48.5 Å². The summed E-state index contributed by atoms with van der Waals surface area (Å²) in [5.41, 5.74) is 4.64. The van der Waals surface area contributed by atoms with Crippen molar-refractivity contribution in [2.75, 3.05) is 0 Å². The van der Waals surface area contributed by atoms with Crippen LogP contribution in [0.5, 0.6) is 23.0 Å². The number of aromatic nitrogens is 2. The van der Waals surface area contributed by atoms with Crippen molar-refractivity contribution in [3.63, 3.8) is 0 Å². The summed E-state index contributed by atoms with van der Waals surface area (Å²) in [5.74, 6) is -0.411. The zero-order valence-corrected chi connectivity index (χ0v) is 35.8. The summed E-state index contributed by atoms with van der Waals surface area (Å²) >= 11 is 0. The van der Waals surface area contributed by atoms with E-state index in [1.807, 2.05) is 116 Å². The van der Waals surface area contributed by atoms with E-state index in [0.717, 1.165) is 43.6 Å². The first kappa shape index (κ1) is 42.5. The van der Waals surface area contributed by atoms with Crippen molar-refractivity contribution in [1.82, 2.24) is 0 Å². The Labute approximate surface area is 365 Å². The second-order valence-corrected chi connectivity index (χ2v) is 13.3. The van der Waals surface area contributed by atoms with Gasteiger partial charge in [0.15, 0.2) is 0 Å². The van der Waals surface area contributed by atoms with Crippen LogP contribution in [0, 0.1) is 0 Å². The molecule has 0 atom stereocenters. The number of phenolic OH excluding ortho intramolecular Hbond substituents is 1. The van der Waals surface area contributed by atoms with E-state index in [-0.39, 0.29) is 76.4 Å². The SMILES string of the molecule is C[n+]1c2ccccc2c(C(=O)Oc2ccc(O)cc2)c2ccccc21.C[n+]1c2ccccc2c(C(=O)Oc2ccc(OP(=O)([O-])[O-])cc2)c2ccccc21.[Na+].[Na+]. The summed E-state index contributed by atoms with van der Waals surface area (Å²) in [6.07, 6.45) is 0. The molecule has 0 fully saturated rings. The number of benzene rings is 6. The van der Waals surface area contributed by atoms with Crippen LogP contribution in [0.15, 0.2) is 146 Å². The van der Waals surface area contributed by atoms with E-state index in [1.165, 1.54) is 36.4 Å². The summed E-state index contributed by atoms with van der Waals surface area (Å²) in [4.78, 5) is 47.4. The molecule has 0 aliphatic carbocycles. The first-order valence-corrected chi connectivity index (χ1v) is 18.1. The molecule has 1 N–H and O–H groups in total. The molecule has 14 heteroatoms. The van der Waals surface area contributed by atoms with E-state index in [2.05, 4.69) is 9.09 Å². The summed E-state index contributed by atoms with van der Waals surface area (Å²) < 4.78 is 30.1. The Kier molecular flexibility index (Phi) is 13.7. The van der Waals surface area contributed by atoms with Gasteiger partial charge in [0.2, 0.25) is 22.1 Å². The molecule has 268 valence electrons. The quantitative estimate of drug-likeness (QED) is 0.0614. The smallest absolute Gasteiger partial charge is 0.780 e. The molecule has 0 aliphatic rings. The number of phosphoric acid groups is 1. The number of hydrogen-bond donors (Lipinski definition) is 1. The van der Waals surface area contributed by atoms with Crippen LogP contribution in [0.25, 0.3) is 43.6 Å². The van der Waals surface area contributed by atoms with Gasteiger partial charge in [-0.2, -0.15) is 9.13 Å². The first-order chi connectivity index (χ1) is 26.0. The number of hydrogen-bond acceptors (Lipinski definition) is 9. The minimum atomic E-state index is -5.15. The number of aryl methyl sites for hydroxylation is 2. The van der Waals surface area contributed by atoms with Crippen LogP contribution in [-0.4, -0.2) is 17.0 Å². The topological polar surface area (TPSA) is 153 Å². The van der Waals surface area contributed by atoms with Gasteiger partial charge in [0.05, 0.1) is 32.7 Å². The van der Waals surface area contributed by atoms with Crippen LogP contribution >= 0.6 is 7.82 Å². The molecule has 0 radical (unpaired) electrons. The first-order valence-electron chi connectivity index (χ1n) is 16.6. The predicted octanol–water partition coefficient (Wildman–Crippen LogP) is -0.00550. The number of fused-ring (bicyclic) bond motifs is 4. The van der Waals surface area contributed by atoms with Gasteiger partial charge in [-0.05, 0) is 72.8 Å². The third kappa shape index (κ3) is 9.14. The van der Waals surface area contributed by atoms with Crippen LogP contribution in [0.1, 0.15) is 20.7 Å². The minimum absolute atomic E-state index is 0. The predicted molar refractivity (Wildman–Crippen MR) is 198 cm³/mol. The molecule has 2 heterocycles. The average Bonchev–Trinajstić information content (AvgIpc) is 3.17. The Hall–Kier alpha value is -4.65. The van der Waals surface area contributed by atoms with Gasteiger partial charge < -0.3 is 33.5 Å². The van der Waals surface area contributed by atoms with E-state index in [0.29, 0.717) is 16.9 Å². The van der Waals surface area contributed by atoms with Gasteiger partial charge in [0.25, 0.3) is 0 Å². The Morgan fingerprint density at radius 2 is 0.786 bits per heavy atom. The van der Waals surface area contributed by atoms with Crippen molar-refractivity contribution in [3.05, 3.63) is 157 Å². The fraction of sp³-hybridized carbons (Fsp3) is 0.0476. The minimum Gasteiger partial charge on any atom is -0.780 e. The number of nitrogens with zero attached hydrogens (tertiary/aromatic N) is 2. The number of carbonyl (C=O) groups excluding carboxylic acids is 2. The third-order valence-electron chi connectivity index (χ3n) is 8.85. The van der Waals surface area contributed by atoms with Crippen molar-refractivity contribution < 1.29 is 111 Å². The molecule has 0 amide bonds. The van der Waals surface area contributed by atoms with E-state index in [4.69, 9.17) is 9.47 Å². The molecule has 2 aromatic heterocycles. The molecule has 0 aliphatic heterocycles. The molecule has 0 bridgehead atoms. The second kappa shape index (κ2) is 18.1. The van der Waals surface area contributed by atoms with Crippen LogP contribution < -0.4 is 92.0 Å². The molecule has 8 rings (SSSR count). The number of ether oxygens (including phenoxy) is 2. The molecule has 0 spiro atoms. The number of pyridine rings is 2. The number of carbonyl (C=O) groups is 2. The van der Waals surface area contributed by atoms with Gasteiger partial charge in [0, 0.05) is 24.3 Å². The summed E-state index contributed by atoms with van der Waals surface area (Å²) in [7, 11) is -1.23. The van der Waals surface area contributed by atoms with E-state index in [9.17, 15) is 29.0 Å². The van der Waals surface area contributed by atoms with Crippen molar-refractivity contribution in [3.8, 4) is 23.0 Å². The second-order valence-electron chi connectivity index (χ2n) is 12.2. The van der Waals surface area contributed by atoms with E-state index < -0.39 is 19.8 Å². The number of aromatic hydroxyl groups is 1. The molecule has 0 unspecified atom stereocenters. The summed E-state index contributed by atoms with van der Waals surface area (Å²) in [6, 6.07) is 41.9. The molecular weight excluding hydrogens is 753 g/mol. The number of para-hydroxylation sites is 4. The van der Waals surface area contributed by atoms with E-state index in [1.54, 1.807) is 12.1 Å². The number of phenols is 1. The fourth-order valence-electron chi connectivity index (χ4n) is 6.43. The van der Waals surface area contributed by atoms with Gasteiger partial charge in [-0.15, -0.1) is 0 Å². The van der Waals surface area contributed by atoms with Crippen molar-refractivity contribution >= 4 is 63.4 Å². The maximum absolute atomic E-state index is 13.1. The molecule has 8 aromatic rings. The van der Waals surface area contributed by atoms with Gasteiger partial charge >= 0.3 is 71.1 Å². The summed E-state index contributed by atoms with van der Waals surface area (Å²) in [6.45, 7) is 0. The number of phosphoric ester groups is 1. The van der Waals surface area contributed by atoms with Crippen LogP contribution in [0.4, 0.5) is 0 Å². The van der Waals surface area contributed by atoms with Gasteiger partial charge in [-0.3, -0.25) is 0 Å². The summed E-state index contributed by atoms with van der Waals surface area (Å²) in [5, 5.41) is 12.6. The average molecular weight is 785 g/mol. The molecule has 6 aromatic carbocycles. The standard InChI is InChI=1S/C21H16NO6P.C21H15NO3.2Na/c1-22-18-8-4-2-6-16(18)20(17-7-3-5-9-19(17)22)21(23)27-14-10-12-15(13-11-14)28-29(24,25)26;1-22-18-8-4-2-6-16(18)20(17-7-3-5-9-19(17)22)21(24)25-15-12-10-14(23)11-13-15;;/h2-13H,1H3,(H-,24,25,26);2-13H,1H3;;/q;;2*+1. The Morgan fingerprint density at radius 3 is 1.11 bits per heavy atom. The Bertz CT molecular complexity index is 2660. The number of esters is 2. The largest absolute Gasteiger partial charge is 1.00 e. The fourth-order valence-corrected chi connectivity index (χ4v) is 6.81. The molecule has 11 nitrogen and oxygen atoms in total. The molecule has 0 saturated heterocycles. The molecule has 0 saturated carbocycles. The normalized spacial score (nSPS) is 10.9. The van der Waals surface area contributed by atoms with Crippen molar-refractivity contribution in [1.29, 1.82) is 0 Å². The molecule has 56 heavy (non-hydrogen) atoms. The zero-order valence-electron chi connectivity index (χ0n) is 30.9. The third-order valence-corrected chi connectivity index (χ3v) is 9.28. The van der Waals surface area contributed by atoms with Crippen molar-refractivity contribution in [2.45, 2.75) is 0 Å². The van der Waals surface area contributed by atoms with Gasteiger partial charge in [0.1, 0.15) is 44.9 Å².